The first-order valence-electron chi connectivity index (χ1n) is 7.12. The van der Waals surface area contributed by atoms with Gasteiger partial charge in [-0.25, -0.2) is 0 Å². The summed E-state index contributed by atoms with van der Waals surface area (Å²) in [6, 6.07) is 10.6. The highest BCUT2D eigenvalue weighted by Gasteiger charge is 2.19. The first kappa shape index (κ1) is 16.0. The SMILES string of the molecule is CNC(c1cc(C)c(C)s1)c1ccccc1OCCOC. The van der Waals surface area contributed by atoms with Gasteiger partial charge < -0.3 is 14.8 Å². The molecule has 0 saturated heterocycles. The zero-order valence-electron chi connectivity index (χ0n) is 13.1. The molecule has 0 spiro atoms. The number of hydrogen-bond donors (Lipinski definition) is 1. The van der Waals surface area contributed by atoms with Crippen LogP contribution >= 0.6 is 11.3 Å². The van der Waals surface area contributed by atoms with Gasteiger partial charge in [-0.05, 0) is 38.6 Å². The Kier molecular flexibility index (Phi) is 5.79. The van der Waals surface area contributed by atoms with E-state index in [9.17, 15) is 0 Å². The van der Waals surface area contributed by atoms with E-state index in [2.05, 4.69) is 37.4 Å². The Balaban J connectivity index is 2.29. The van der Waals surface area contributed by atoms with Crippen LogP contribution in [0.5, 0.6) is 5.75 Å². The van der Waals surface area contributed by atoms with Gasteiger partial charge in [-0.15, -0.1) is 11.3 Å². The first-order valence-corrected chi connectivity index (χ1v) is 7.94. The van der Waals surface area contributed by atoms with Crippen molar-refractivity contribution in [1.29, 1.82) is 0 Å². The lowest BCUT2D eigenvalue weighted by molar-refractivity contribution is 0.145. The molecule has 2 rings (SSSR count). The number of nitrogens with one attached hydrogen (secondary N) is 1. The highest BCUT2D eigenvalue weighted by molar-refractivity contribution is 7.12. The molecule has 1 unspecified atom stereocenters. The van der Waals surface area contributed by atoms with E-state index in [0.717, 1.165) is 11.3 Å². The topological polar surface area (TPSA) is 30.5 Å². The third kappa shape index (κ3) is 3.84. The van der Waals surface area contributed by atoms with Crippen LogP contribution in [-0.2, 0) is 4.74 Å². The third-order valence-electron chi connectivity index (χ3n) is 3.53. The first-order chi connectivity index (χ1) is 10.2. The molecule has 1 atom stereocenters. The van der Waals surface area contributed by atoms with Crippen LogP contribution in [-0.4, -0.2) is 27.4 Å². The molecule has 0 fully saturated rings. The lowest BCUT2D eigenvalue weighted by atomic mass is 10.0. The minimum absolute atomic E-state index is 0.154. The molecule has 1 aromatic carbocycles. The number of para-hydroxylation sites is 1. The van der Waals surface area contributed by atoms with Crippen molar-refractivity contribution in [3.63, 3.8) is 0 Å². The van der Waals surface area contributed by atoms with Gasteiger partial charge in [-0.3, -0.25) is 0 Å². The van der Waals surface area contributed by atoms with Gasteiger partial charge in [-0.2, -0.15) is 0 Å². The normalized spacial score (nSPS) is 12.4. The standard InChI is InChI=1S/C17H23NO2S/c1-12-11-16(21-13(12)2)17(18-3)14-7-5-6-8-15(14)20-10-9-19-4/h5-8,11,17-18H,9-10H2,1-4H3. The Morgan fingerprint density at radius 1 is 1.19 bits per heavy atom. The average molecular weight is 305 g/mol. The van der Waals surface area contributed by atoms with Crippen LogP contribution in [0.3, 0.4) is 0 Å². The molecule has 114 valence electrons. The van der Waals surface area contributed by atoms with E-state index in [1.165, 1.54) is 15.3 Å². The zero-order valence-corrected chi connectivity index (χ0v) is 13.9. The summed E-state index contributed by atoms with van der Waals surface area (Å²) in [6.07, 6.45) is 0. The second kappa shape index (κ2) is 7.59. The summed E-state index contributed by atoms with van der Waals surface area (Å²) < 4.78 is 10.9. The summed E-state index contributed by atoms with van der Waals surface area (Å²) in [7, 11) is 3.67. The summed E-state index contributed by atoms with van der Waals surface area (Å²) in [6.45, 7) is 5.47. The fourth-order valence-electron chi connectivity index (χ4n) is 2.28. The summed E-state index contributed by atoms with van der Waals surface area (Å²) in [5.41, 5.74) is 2.50. The van der Waals surface area contributed by atoms with Gasteiger partial charge in [0.05, 0.1) is 12.6 Å². The Bertz CT molecular complexity index is 560. The quantitative estimate of drug-likeness (QED) is 0.791. The number of hydrogen-bond acceptors (Lipinski definition) is 4. The lowest BCUT2D eigenvalue weighted by Crippen LogP contribution is -2.18. The summed E-state index contributed by atoms with van der Waals surface area (Å²) >= 11 is 1.84. The molecule has 1 heterocycles. The van der Waals surface area contributed by atoms with E-state index in [1.54, 1.807) is 7.11 Å². The second-order valence-electron chi connectivity index (χ2n) is 4.99. The van der Waals surface area contributed by atoms with Crippen molar-refractivity contribution in [3.05, 3.63) is 51.2 Å². The summed E-state index contributed by atoms with van der Waals surface area (Å²) in [5, 5.41) is 3.41. The van der Waals surface area contributed by atoms with Crippen LogP contribution in [0.25, 0.3) is 0 Å². The predicted octanol–water partition coefficient (Wildman–Crippen LogP) is 3.70. The van der Waals surface area contributed by atoms with Crippen molar-refractivity contribution in [1.82, 2.24) is 5.32 Å². The summed E-state index contributed by atoms with van der Waals surface area (Å²) in [4.78, 5) is 2.68. The van der Waals surface area contributed by atoms with E-state index < -0.39 is 0 Å². The number of rotatable bonds is 7. The fraction of sp³-hybridized carbons (Fsp3) is 0.412. The number of methoxy groups -OCH3 is 1. The Hall–Kier alpha value is -1.36. The highest BCUT2D eigenvalue weighted by Crippen LogP contribution is 2.34. The minimum atomic E-state index is 0.154. The van der Waals surface area contributed by atoms with Crippen LogP contribution in [0.1, 0.15) is 26.9 Å². The van der Waals surface area contributed by atoms with Crippen molar-refractivity contribution in [2.45, 2.75) is 19.9 Å². The van der Waals surface area contributed by atoms with Gasteiger partial charge in [0.15, 0.2) is 0 Å². The molecular weight excluding hydrogens is 282 g/mol. The monoisotopic (exact) mass is 305 g/mol. The highest BCUT2D eigenvalue weighted by atomic mass is 32.1. The van der Waals surface area contributed by atoms with Crippen LogP contribution in [0.2, 0.25) is 0 Å². The van der Waals surface area contributed by atoms with Gasteiger partial charge in [-0.1, -0.05) is 18.2 Å². The molecule has 0 bridgehead atoms. The van der Waals surface area contributed by atoms with Crippen molar-refractivity contribution >= 4 is 11.3 Å². The minimum Gasteiger partial charge on any atom is -0.491 e. The van der Waals surface area contributed by atoms with Crippen LogP contribution < -0.4 is 10.1 Å². The van der Waals surface area contributed by atoms with Crippen molar-refractivity contribution < 1.29 is 9.47 Å². The Morgan fingerprint density at radius 3 is 2.57 bits per heavy atom. The largest absolute Gasteiger partial charge is 0.491 e. The molecule has 0 aliphatic heterocycles. The molecule has 21 heavy (non-hydrogen) atoms. The molecule has 3 nitrogen and oxygen atoms in total. The van der Waals surface area contributed by atoms with Crippen LogP contribution in [0.15, 0.2) is 30.3 Å². The molecule has 0 aliphatic rings. The van der Waals surface area contributed by atoms with E-state index in [1.807, 2.05) is 30.5 Å². The molecular formula is C17H23NO2S. The van der Waals surface area contributed by atoms with Gasteiger partial charge in [0.1, 0.15) is 12.4 Å². The molecule has 1 N–H and O–H groups in total. The van der Waals surface area contributed by atoms with Gasteiger partial charge in [0, 0.05) is 22.4 Å². The average Bonchev–Trinajstić information content (AvgIpc) is 2.81. The maximum atomic E-state index is 5.86. The molecule has 2 aromatic rings. The molecule has 0 amide bonds. The van der Waals surface area contributed by atoms with E-state index in [4.69, 9.17) is 9.47 Å². The van der Waals surface area contributed by atoms with E-state index in [0.29, 0.717) is 13.2 Å². The number of aryl methyl sites for hydroxylation is 2. The summed E-state index contributed by atoms with van der Waals surface area (Å²) in [5.74, 6) is 0.914. The molecule has 0 saturated carbocycles. The molecule has 4 heteroatoms. The van der Waals surface area contributed by atoms with Gasteiger partial charge in [0.25, 0.3) is 0 Å². The predicted molar refractivity (Wildman–Crippen MR) is 88.5 cm³/mol. The maximum absolute atomic E-state index is 5.86. The maximum Gasteiger partial charge on any atom is 0.124 e. The van der Waals surface area contributed by atoms with Gasteiger partial charge in [0.2, 0.25) is 0 Å². The lowest BCUT2D eigenvalue weighted by Gasteiger charge is -2.19. The fourth-order valence-corrected chi connectivity index (χ4v) is 3.45. The number of thiophene rings is 1. The van der Waals surface area contributed by atoms with Crippen molar-refractivity contribution in [2.75, 3.05) is 27.4 Å². The Morgan fingerprint density at radius 2 is 1.95 bits per heavy atom. The smallest absolute Gasteiger partial charge is 0.124 e. The molecule has 0 aliphatic carbocycles. The third-order valence-corrected chi connectivity index (χ3v) is 4.75. The number of ether oxygens (including phenoxy) is 2. The van der Waals surface area contributed by atoms with Crippen molar-refractivity contribution in [2.24, 2.45) is 0 Å². The molecule has 0 radical (unpaired) electrons. The van der Waals surface area contributed by atoms with Crippen molar-refractivity contribution in [3.8, 4) is 5.75 Å². The molecule has 1 aromatic heterocycles. The zero-order chi connectivity index (χ0) is 15.2. The van der Waals surface area contributed by atoms with Crippen LogP contribution in [0, 0.1) is 13.8 Å². The number of benzene rings is 1. The van der Waals surface area contributed by atoms with Gasteiger partial charge >= 0.3 is 0 Å². The van der Waals surface area contributed by atoms with Crippen LogP contribution in [0.4, 0.5) is 0 Å². The second-order valence-corrected chi connectivity index (χ2v) is 6.28. The van der Waals surface area contributed by atoms with E-state index >= 15 is 0 Å². The Labute approximate surface area is 130 Å². The van der Waals surface area contributed by atoms with E-state index in [-0.39, 0.29) is 6.04 Å².